The van der Waals surface area contributed by atoms with Crippen molar-refractivity contribution < 1.29 is 0 Å². The van der Waals surface area contributed by atoms with Crippen LogP contribution in [0.3, 0.4) is 0 Å². The van der Waals surface area contributed by atoms with Gasteiger partial charge in [-0.1, -0.05) is 55.8 Å². The predicted octanol–water partition coefficient (Wildman–Crippen LogP) is 5.21. The Morgan fingerprint density at radius 1 is 0.952 bits per heavy atom. The van der Waals surface area contributed by atoms with Gasteiger partial charge < -0.3 is 4.90 Å². The fourth-order valence-electron chi connectivity index (χ4n) is 3.71. The van der Waals surface area contributed by atoms with Gasteiger partial charge >= 0.3 is 0 Å². The van der Waals surface area contributed by atoms with E-state index >= 15 is 0 Å². The fourth-order valence-corrected chi connectivity index (χ4v) is 3.71. The van der Waals surface area contributed by atoms with Crippen molar-refractivity contribution in [1.82, 2.24) is 4.90 Å². The molecule has 1 aliphatic heterocycles. The molecule has 3 rings (SSSR count). The number of likely N-dealkylation sites (tertiary alicyclic amines) is 1. The molecule has 0 bridgehead atoms. The second-order valence-corrected chi connectivity index (χ2v) is 6.36. The van der Waals surface area contributed by atoms with Gasteiger partial charge in [-0.15, -0.1) is 0 Å². The SMILES string of the molecule is CCC(CCN1CCCCC1)c1cccc2ccccc12. The third kappa shape index (κ3) is 3.47. The first kappa shape index (κ1) is 14.6. The molecular weight excluding hydrogens is 254 g/mol. The molecule has 1 saturated heterocycles. The maximum absolute atomic E-state index is 2.66. The summed E-state index contributed by atoms with van der Waals surface area (Å²) >= 11 is 0. The second-order valence-electron chi connectivity index (χ2n) is 6.36. The van der Waals surface area contributed by atoms with Crippen LogP contribution in [-0.4, -0.2) is 24.5 Å². The van der Waals surface area contributed by atoms with Crippen molar-refractivity contribution in [2.45, 2.75) is 44.9 Å². The minimum absolute atomic E-state index is 0.693. The first-order chi connectivity index (χ1) is 10.4. The lowest BCUT2D eigenvalue weighted by Gasteiger charge is -2.28. The van der Waals surface area contributed by atoms with Crippen LogP contribution in [0.1, 0.15) is 50.5 Å². The van der Waals surface area contributed by atoms with Crippen LogP contribution in [0.2, 0.25) is 0 Å². The van der Waals surface area contributed by atoms with E-state index < -0.39 is 0 Å². The van der Waals surface area contributed by atoms with E-state index in [0.29, 0.717) is 5.92 Å². The molecule has 1 aliphatic rings. The monoisotopic (exact) mass is 281 g/mol. The summed E-state index contributed by atoms with van der Waals surface area (Å²) in [6, 6.07) is 15.6. The van der Waals surface area contributed by atoms with Crippen LogP contribution >= 0.6 is 0 Å². The van der Waals surface area contributed by atoms with Crippen molar-refractivity contribution in [3.05, 3.63) is 48.0 Å². The molecule has 0 N–H and O–H groups in total. The zero-order valence-corrected chi connectivity index (χ0v) is 13.2. The van der Waals surface area contributed by atoms with Gasteiger partial charge in [0.05, 0.1) is 0 Å². The highest BCUT2D eigenvalue weighted by molar-refractivity contribution is 5.86. The van der Waals surface area contributed by atoms with Crippen molar-refractivity contribution in [2.24, 2.45) is 0 Å². The van der Waals surface area contributed by atoms with Crippen LogP contribution in [0, 0.1) is 0 Å². The molecule has 2 aromatic rings. The highest BCUT2D eigenvalue weighted by Gasteiger charge is 2.15. The van der Waals surface area contributed by atoms with Crippen molar-refractivity contribution in [3.8, 4) is 0 Å². The summed E-state index contributed by atoms with van der Waals surface area (Å²) in [5.74, 6) is 0.693. The molecule has 0 aliphatic carbocycles. The van der Waals surface area contributed by atoms with Gasteiger partial charge in [0.25, 0.3) is 0 Å². The molecule has 112 valence electrons. The number of nitrogens with zero attached hydrogens (tertiary/aromatic N) is 1. The van der Waals surface area contributed by atoms with E-state index in [1.54, 1.807) is 5.56 Å². The molecule has 0 aromatic heterocycles. The molecule has 1 heteroatoms. The topological polar surface area (TPSA) is 3.24 Å². The van der Waals surface area contributed by atoms with Crippen LogP contribution in [0.25, 0.3) is 10.8 Å². The minimum atomic E-state index is 0.693. The Balaban J connectivity index is 1.75. The Bertz CT molecular complexity index is 564. The van der Waals surface area contributed by atoms with E-state index in [0.717, 1.165) is 0 Å². The van der Waals surface area contributed by atoms with Gasteiger partial charge in [0.1, 0.15) is 0 Å². The van der Waals surface area contributed by atoms with Gasteiger partial charge in [-0.25, -0.2) is 0 Å². The molecule has 0 amide bonds. The molecule has 21 heavy (non-hydrogen) atoms. The first-order valence-electron chi connectivity index (χ1n) is 8.58. The van der Waals surface area contributed by atoms with E-state index in [-0.39, 0.29) is 0 Å². The molecule has 1 atom stereocenters. The first-order valence-corrected chi connectivity index (χ1v) is 8.58. The zero-order chi connectivity index (χ0) is 14.5. The summed E-state index contributed by atoms with van der Waals surface area (Å²) in [7, 11) is 0. The largest absolute Gasteiger partial charge is 0.303 e. The van der Waals surface area contributed by atoms with Crippen LogP contribution in [-0.2, 0) is 0 Å². The molecule has 0 spiro atoms. The van der Waals surface area contributed by atoms with Gasteiger partial charge in [-0.05, 0) is 67.6 Å². The Labute approximate surface area is 129 Å². The Morgan fingerprint density at radius 2 is 1.71 bits per heavy atom. The number of benzene rings is 2. The summed E-state index contributed by atoms with van der Waals surface area (Å²) in [5, 5.41) is 2.83. The van der Waals surface area contributed by atoms with Crippen LogP contribution in [0.15, 0.2) is 42.5 Å². The molecule has 1 heterocycles. The zero-order valence-electron chi connectivity index (χ0n) is 13.2. The standard InChI is InChI=1S/C20H27N/c1-2-17(13-16-21-14-6-3-7-15-21)19-12-8-10-18-9-4-5-11-20(18)19/h4-5,8-12,17H,2-3,6-7,13-16H2,1H3. The minimum Gasteiger partial charge on any atom is -0.303 e. The Kier molecular flexibility index (Phi) is 4.92. The number of rotatable bonds is 5. The lowest BCUT2D eigenvalue weighted by atomic mass is 9.89. The Hall–Kier alpha value is -1.34. The van der Waals surface area contributed by atoms with Gasteiger partial charge in [0.15, 0.2) is 0 Å². The maximum atomic E-state index is 2.66. The van der Waals surface area contributed by atoms with E-state index in [9.17, 15) is 0 Å². The van der Waals surface area contributed by atoms with Crippen molar-refractivity contribution in [3.63, 3.8) is 0 Å². The molecule has 0 saturated carbocycles. The smallest absolute Gasteiger partial charge is 0.00129 e. The summed E-state index contributed by atoms with van der Waals surface area (Å²) in [5.41, 5.74) is 1.55. The second kappa shape index (κ2) is 7.09. The third-order valence-electron chi connectivity index (χ3n) is 5.00. The summed E-state index contributed by atoms with van der Waals surface area (Å²) in [6.07, 6.45) is 6.75. The lowest BCUT2D eigenvalue weighted by Crippen LogP contribution is -2.31. The maximum Gasteiger partial charge on any atom is -0.00129 e. The van der Waals surface area contributed by atoms with Gasteiger partial charge in [-0.2, -0.15) is 0 Å². The highest BCUT2D eigenvalue weighted by atomic mass is 15.1. The molecule has 1 nitrogen and oxygen atoms in total. The fraction of sp³-hybridized carbons (Fsp3) is 0.500. The van der Waals surface area contributed by atoms with Gasteiger partial charge in [0, 0.05) is 0 Å². The average Bonchev–Trinajstić information content (AvgIpc) is 2.56. The van der Waals surface area contributed by atoms with Gasteiger partial charge in [0.2, 0.25) is 0 Å². The van der Waals surface area contributed by atoms with E-state index in [4.69, 9.17) is 0 Å². The van der Waals surface area contributed by atoms with Crippen LogP contribution < -0.4 is 0 Å². The van der Waals surface area contributed by atoms with E-state index in [1.807, 2.05) is 0 Å². The van der Waals surface area contributed by atoms with E-state index in [1.165, 1.54) is 62.5 Å². The van der Waals surface area contributed by atoms with Crippen molar-refractivity contribution in [1.29, 1.82) is 0 Å². The number of fused-ring (bicyclic) bond motifs is 1. The van der Waals surface area contributed by atoms with Crippen molar-refractivity contribution in [2.75, 3.05) is 19.6 Å². The normalized spacial score (nSPS) is 18.0. The number of piperidine rings is 1. The third-order valence-corrected chi connectivity index (χ3v) is 5.00. The lowest BCUT2D eigenvalue weighted by molar-refractivity contribution is 0.220. The van der Waals surface area contributed by atoms with Crippen LogP contribution in [0.4, 0.5) is 0 Å². The highest BCUT2D eigenvalue weighted by Crippen LogP contribution is 2.30. The van der Waals surface area contributed by atoms with Crippen molar-refractivity contribution >= 4 is 10.8 Å². The van der Waals surface area contributed by atoms with Crippen LogP contribution in [0.5, 0.6) is 0 Å². The molecule has 2 aromatic carbocycles. The quantitative estimate of drug-likeness (QED) is 0.727. The summed E-state index contributed by atoms with van der Waals surface area (Å²) in [4.78, 5) is 2.66. The Morgan fingerprint density at radius 3 is 2.52 bits per heavy atom. The average molecular weight is 281 g/mol. The number of hydrogen-bond donors (Lipinski definition) is 0. The number of hydrogen-bond acceptors (Lipinski definition) is 1. The summed E-state index contributed by atoms with van der Waals surface area (Å²) in [6.45, 7) is 6.22. The van der Waals surface area contributed by atoms with Gasteiger partial charge in [-0.3, -0.25) is 0 Å². The van der Waals surface area contributed by atoms with E-state index in [2.05, 4.69) is 54.3 Å². The predicted molar refractivity (Wildman–Crippen MR) is 91.9 cm³/mol. The molecule has 0 radical (unpaired) electrons. The molecule has 1 unspecified atom stereocenters. The molecular formula is C20H27N. The molecule has 1 fully saturated rings. The summed E-state index contributed by atoms with van der Waals surface area (Å²) < 4.78 is 0.